The Labute approximate surface area is 139 Å². The largest absolute Gasteiger partial charge is 0.497 e. The van der Waals surface area contributed by atoms with Gasteiger partial charge in [-0.3, -0.25) is 0 Å². The maximum Gasteiger partial charge on any atom is 0.122 e. The first-order valence-electron chi connectivity index (χ1n) is 5.70. The number of hydrogen-bond acceptors (Lipinski definition) is 3. The molecule has 0 saturated carbocycles. The smallest absolute Gasteiger partial charge is 0.122 e. The maximum absolute atomic E-state index is 5.63. The monoisotopic (exact) mass is 414 g/mol. The average Bonchev–Trinajstić information content (AvgIpc) is 2.37. The molecule has 2 aromatic rings. The van der Waals surface area contributed by atoms with E-state index in [1.807, 2.05) is 36.4 Å². The van der Waals surface area contributed by atoms with Gasteiger partial charge in [0.05, 0.1) is 7.11 Å². The van der Waals surface area contributed by atoms with Gasteiger partial charge >= 0.3 is 0 Å². The van der Waals surface area contributed by atoms with E-state index in [2.05, 4.69) is 37.2 Å². The number of thiocarbonyl (C=S) groups is 1. The Morgan fingerprint density at radius 2 is 1.90 bits per heavy atom. The molecular weight excluding hydrogens is 404 g/mol. The number of rotatable bonds is 4. The fourth-order valence-electron chi connectivity index (χ4n) is 1.71. The number of ether oxygens (including phenoxy) is 1. The average molecular weight is 416 g/mol. The minimum atomic E-state index is 0.368. The number of anilines is 2. The standard InChI is InChI=1S/C14H12Br2N2OS/c1-19-11-5-8(15)4-10(6-11)18-9-2-3-12(14(17)20)13(16)7-9/h2-7,18H,1H3,(H2,17,20). The SMILES string of the molecule is COc1cc(Br)cc(Nc2ccc(C(N)=S)c(Br)c2)c1. The third-order valence-corrected chi connectivity index (χ3v) is 3.96. The van der Waals surface area contributed by atoms with E-state index in [4.69, 9.17) is 22.7 Å². The summed E-state index contributed by atoms with van der Waals surface area (Å²) in [6.45, 7) is 0. The van der Waals surface area contributed by atoms with E-state index in [1.165, 1.54) is 0 Å². The van der Waals surface area contributed by atoms with Gasteiger partial charge in [0, 0.05) is 32.0 Å². The zero-order valence-corrected chi connectivity index (χ0v) is 14.6. The second-order valence-corrected chi connectivity index (χ2v) is 6.27. The summed E-state index contributed by atoms with van der Waals surface area (Å²) in [6, 6.07) is 11.5. The number of benzene rings is 2. The Bertz CT molecular complexity index is 662. The van der Waals surface area contributed by atoms with Crippen molar-refractivity contribution in [2.24, 2.45) is 5.73 Å². The van der Waals surface area contributed by atoms with Gasteiger partial charge in [0.2, 0.25) is 0 Å². The minimum Gasteiger partial charge on any atom is -0.497 e. The van der Waals surface area contributed by atoms with Gasteiger partial charge in [0.25, 0.3) is 0 Å². The molecule has 0 fully saturated rings. The lowest BCUT2D eigenvalue weighted by atomic mass is 10.2. The van der Waals surface area contributed by atoms with Crippen LogP contribution in [0.3, 0.4) is 0 Å². The minimum absolute atomic E-state index is 0.368. The second-order valence-electron chi connectivity index (χ2n) is 4.06. The van der Waals surface area contributed by atoms with Crippen LogP contribution in [0.2, 0.25) is 0 Å². The molecule has 0 aliphatic rings. The van der Waals surface area contributed by atoms with Crippen molar-refractivity contribution in [3.63, 3.8) is 0 Å². The lowest BCUT2D eigenvalue weighted by Gasteiger charge is -2.11. The number of nitrogens with two attached hydrogens (primary N) is 1. The first kappa shape index (κ1) is 15.3. The highest BCUT2D eigenvalue weighted by Gasteiger charge is 2.05. The lowest BCUT2D eigenvalue weighted by Crippen LogP contribution is -2.10. The highest BCUT2D eigenvalue weighted by molar-refractivity contribution is 9.10. The highest BCUT2D eigenvalue weighted by Crippen LogP contribution is 2.28. The van der Waals surface area contributed by atoms with Gasteiger partial charge in [-0.2, -0.15) is 0 Å². The van der Waals surface area contributed by atoms with E-state index >= 15 is 0 Å². The normalized spacial score (nSPS) is 10.2. The molecule has 0 atom stereocenters. The number of hydrogen-bond donors (Lipinski definition) is 2. The molecule has 0 amide bonds. The van der Waals surface area contributed by atoms with Gasteiger partial charge in [0.15, 0.2) is 0 Å². The zero-order chi connectivity index (χ0) is 14.7. The van der Waals surface area contributed by atoms with Crippen LogP contribution in [0, 0.1) is 0 Å². The third-order valence-electron chi connectivity index (χ3n) is 2.63. The first-order chi connectivity index (χ1) is 9.49. The van der Waals surface area contributed by atoms with Crippen molar-refractivity contribution in [1.29, 1.82) is 0 Å². The predicted octanol–water partition coefficient (Wildman–Crippen LogP) is 4.60. The molecule has 2 aromatic carbocycles. The molecule has 0 bridgehead atoms. The van der Waals surface area contributed by atoms with Crippen LogP contribution in [0.5, 0.6) is 5.75 Å². The van der Waals surface area contributed by atoms with Crippen LogP contribution in [-0.4, -0.2) is 12.1 Å². The van der Waals surface area contributed by atoms with Gasteiger partial charge in [-0.05, 0) is 46.3 Å². The highest BCUT2D eigenvalue weighted by atomic mass is 79.9. The number of halogens is 2. The molecule has 0 spiro atoms. The van der Waals surface area contributed by atoms with Crippen molar-refractivity contribution < 1.29 is 4.74 Å². The fourth-order valence-corrected chi connectivity index (χ4v) is 3.09. The van der Waals surface area contributed by atoms with Crippen LogP contribution in [0.1, 0.15) is 5.56 Å². The van der Waals surface area contributed by atoms with Crippen molar-refractivity contribution >= 4 is 60.4 Å². The molecule has 104 valence electrons. The molecule has 0 unspecified atom stereocenters. The van der Waals surface area contributed by atoms with E-state index in [0.29, 0.717) is 4.99 Å². The predicted molar refractivity (Wildman–Crippen MR) is 94.0 cm³/mol. The van der Waals surface area contributed by atoms with Crippen LogP contribution in [0.4, 0.5) is 11.4 Å². The Kier molecular flexibility index (Phi) is 5.01. The zero-order valence-electron chi connectivity index (χ0n) is 10.6. The molecule has 0 heterocycles. The maximum atomic E-state index is 5.63. The van der Waals surface area contributed by atoms with E-state index < -0.39 is 0 Å². The summed E-state index contributed by atoms with van der Waals surface area (Å²) in [4.78, 5) is 0.368. The van der Waals surface area contributed by atoms with E-state index in [-0.39, 0.29) is 0 Å². The van der Waals surface area contributed by atoms with Gasteiger partial charge in [-0.1, -0.05) is 28.1 Å². The van der Waals surface area contributed by atoms with Crippen LogP contribution in [0.25, 0.3) is 0 Å². The first-order valence-corrected chi connectivity index (χ1v) is 7.70. The van der Waals surface area contributed by atoms with Gasteiger partial charge in [0.1, 0.15) is 10.7 Å². The van der Waals surface area contributed by atoms with Crippen molar-refractivity contribution in [3.05, 3.63) is 50.9 Å². The Hall–Kier alpha value is -1.11. The van der Waals surface area contributed by atoms with Crippen LogP contribution in [0.15, 0.2) is 45.3 Å². The van der Waals surface area contributed by atoms with Crippen LogP contribution in [-0.2, 0) is 0 Å². The van der Waals surface area contributed by atoms with Crippen molar-refractivity contribution in [1.82, 2.24) is 0 Å². The quantitative estimate of drug-likeness (QED) is 0.716. The summed E-state index contributed by atoms with van der Waals surface area (Å²) in [5.74, 6) is 0.778. The topological polar surface area (TPSA) is 47.3 Å². The molecule has 6 heteroatoms. The second kappa shape index (κ2) is 6.56. The van der Waals surface area contributed by atoms with Crippen LogP contribution >= 0.6 is 44.1 Å². The Morgan fingerprint density at radius 1 is 1.15 bits per heavy atom. The van der Waals surface area contributed by atoms with Crippen LogP contribution < -0.4 is 15.8 Å². The summed E-state index contributed by atoms with van der Waals surface area (Å²) in [5.41, 5.74) is 8.30. The van der Waals surface area contributed by atoms with Crippen molar-refractivity contribution in [2.45, 2.75) is 0 Å². The fraction of sp³-hybridized carbons (Fsp3) is 0.0714. The molecule has 3 N–H and O–H groups in total. The molecule has 20 heavy (non-hydrogen) atoms. The van der Waals surface area contributed by atoms with E-state index in [9.17, 15) is 0 Å². The van der Waals surface area contributed by atoms with Gasteiger partial charge < -0.3 is 15.8 Å². The van der Waals surface area contributed by atoms with Gasteiger partial charge in [-0.15, -0.1) is 0 Å². The van der Waals surface area contributed by atoms with Crippen molar-refractivity contribution in [3.8, 4) is 5.75 Å². The molecule has 0 radical (unpaired) electrons. The molecule has 3 nitrogen and oxygen atoms in total. The van der Waals surface area contributed by atoms with E-state index in [1.54, 1.807) is 7.11 Å². The summed E-state index contributed by atoms with van der Waals surface area (Å²) in [5, 5.41) is 3.30. The third kappa shape index (κ3) is 3.71. The van der Waals surface area contributed by atoms with Crippen molar-refractivity contribution in [2.75, 3.05) is 12.4 Å². The Morgan fingerprint density at radius 3 is 2.50 bits per heavy atom. The summed E-state index contributed by atoms with van der Waals surface area (Å²) >= 11 is 11.9. The molecular formula is C14H12Br2N2OS. The lowest BCUT2D eigenvalue weighted by molar-refractivity contribution is 0.415. The van der Waals surface area contributed by atoms with Gasteiger partial charge in [-0.25, -0.2) is 0 Å². The number of methoxy groups -OCH3 is 1. The van der Waals surface area contributed by atoms with E-state index in [0.717, 1.165) is 31.6 Å². The molecule has 0 aromatic heterocycles. The summed E-state index contributed by atoms with van der Waals surface area (Å²) in [6.07, 6.45) is 0. The summed E-state index contributed by atoms with van der Waals surface area (Å²) < 4.78 is 7.04. The molecule has 2 rings (SSSR count). The number of nitrogens with one attached hydrogen (secondary N) is 1. The molecule has 0 aliphatic carbocycles. The molecule has 0 aliphatic heterocycles. The summed E-state index contributed by atoms with van der Waals surface area (Å²) in [7, 11) is 1.64. The Balaban J connectivity index is 2.28. The molecule has 0 saturated heterocycles.